The van der Waals surface area contributed by atoms with Crippen LogP contribution >= 0.6 is 50.0 Å². The van der Waals surface area contributed by atoms with Crippen molar-refractivity contribution in [3.05, 3.63) is 272 Å². The minimum Gasteiger partial charge on any atom is -0.465 e. The number of phosphoric acid groups is 1. The van der Waals surface area contributed by atoms with Crippen molar-refractivity contribution in [3.63, 3.8) is 0 Å². The van der Waals surface area contributed by atoms with E-state index in [1.165, 1.54) is 86.7 Å². The van der Waals surface area contributed by atoms with Gasteiger partial charge in [-0.2, -0.15) is 0 Å². The average Bonchev–Trinajstić information content (AvgIpc) is 1.62. The van der Waals surface area contributed by atoms with Gasteiger partial charge in [-0.05, 0) is 287 Å². The number of carbonyl (C=O) groups is 4. The van der Waals surface area contributed by atoms with Gasteiger partial charge in [0, 0.05) is 97.8 Å². The van der Waals surface area contributed by atoms with Crippen molar-refractivity contribution in [3.8, 4) is 11.1 Å². The number of ether oxygens (including phenoxy) is 5. The number of allylic oxidation sites excluding steroid dienone is 4. The number of thioether (sulfide) groups is 1. The van der Waals surface area contributed by atoms with Gasteiger partial charge in [0.25, 0.3) is 0 Å². The minimum atomic E-state index is -3.50. The molecule has 3 aliphatic rings. The van der Waals surface area contributed by atoms with E-state index in [9.17, 15) is 69.6 Å². The zero-order valence-electron chi connectivity index (χ0n) is 86.4. The van der Waals surface area contributed by atoms with Crippen molar-refractivity contribution in [1.82, 2.24) is 0 Å². The van der Waals surface area contributed by atoms with Crippen molar-refractivity contribution in [2.45, 2.75) is 180 Å². The SMILES string of the molecule is CCOP(C)(=O)OCCCCOC(=O)C(C)c1ccc(-c2ccccc2)c(F)c1.CCOP(C)(=O)OCCCCOC(=O)C(C)c1ccc(CC(C)C)cc1.CCOP(C)(=O)OCCCCOC(O)CC1=C(C)C(=Cc2ccc(S(C)=O)cc2)c2ccc(F)cc21.CCOP(C)(=O)OCCCCOC(O)CC1=C(C)C(=Cc2ccc(SC)cc2)c2ccc(F)cc21.COP1(=O)OCC(COC(=O)c2ccccc2C=O)O1. The third-order valence-electron chi connectivity index (χ3n) is 22.7. The van der Waals surface area contributed by atoms with Gasteiger partial charge in [0.2, 0.25) is 0 Å². The first-order chi connectivity index (χ1) is 69.5. The van der Waals surface area contributed by atoms with Crippen LogP contribution in [0.5, 0.6) is 0 Å². The van der Waals surface area contributed by atoms with Crippen LogP contribution in [-0.4, -0.2) is 196 Å². The second-order valence-electron chi connectivity index (χ2n) is 34.7. The fraction of sp³-hybridized carbons (Fsp3) is 0.444. The summed E-state index contributed by atoms with van der Waals surface area (Å²) in [6, 6.07) is 53.8. The van der Waals surface area contributed by atoms with E-state index < -0.39 is 85.5 Å². The largest absolute Gasteiger partial charge is 0.475 e. The molecular formula is C108H142F3O28P5S2. The number of aldehydes is 1. The highest BCUT2D eigenvalue weighted by Crippen LogP contribution is 2.55. The van der Waals surface area contributed by atoms with E-state index in [-0.39, 0.29) is 86.3 Å². The van der Waals surface area contributed by atoms with E-state index in [0.29, 0.717) is 134 Å². The number of esters is 3. The molecule has 0 saturated carbocycles. The Labute approximate surface area is 864 Å². The Balaban J connectivity index is 0.000000251. The average molecular weight is 2160 g/mol. The zero-order valence-corrected chi connectivity index (χ0v) is 92.5. The monoisotopic (exact) mass is 2160 g/mol. The van der Waals surface area contributed by atoms with Gasteiger partial charge in [-0.1, -0.05) is 135 Å². The molecule has 0 bridgehead atoms. The number of phosphoric ester groups is 1. The summed E-state index contributed by atoms with van der Waals surface area (Å²) in [6.07, 6.45) is 12.2. The molecule has 11 rings (SSSR count). The van der Waals surface area contributed by atoms with Crippen LogP contribution in [0.15, 0.2) is 203 Å². The second-order valence-corrected chi connectivity index (χ2v) is 46.9. The van der Waals surface area contributed by atoms with Crippen LogP contribution in [-0.2, 0) is 123 Å². The Bertz CT molecular complexity index is 5910. The third kappa shape index (κ3) is 43.2. The van der Waals surface area contributed by atoms with Gasteiger partial charge in [-0.3, -0.25) is 50.4 Å². The quantitative estimate of drug-likeness (QED) is 0.00680. The third-order valence-corrected chi connectivity index (χ3v) is 31.3. The molecule has 1 saturated heterocycles. The van der Waals surface area contributed by atoms with Gasteiger partial charge >= 0.3 is 56.1 Å². The van der Waals surface area contributed by atoms with Crippen molar-refractivity contribution < 1.29 is 143 Å². The minimum absolute atomic E-state index is 0.00766. The summed E-state index contributed by atoms with van der Waals surface area (Å²) in [5.41, 5.74) is 15.5. The summed E-state index contributed by atoms with van der Waals surface area (Å²) in [6.45, 7) is 28.4. The Hall–Kier alpha value is -8.36. The van der Waals surface area contributed by atoms with Crippen molar-refractivity contribution in [1.29, 1.82) is 0 Å². The van der Waals surface area contributed by atoms with E-state index in [1.54, 1.807) is 89.0 Å². The highest BCUT2D eigenvalue weighted by atomic mass is 32.2. The number of aliphatic hydroxyl groups is 2. The molecule has 800 valence electrons. The molecule has 0 amide bonds. The molecule has 11 atom stereocenters. The summed E-state index contributed by atoms with van der Waals surface area (Å²) < 4.78 is 196. The molecule has 11 unspecified atom stereocenters. The van der Waals surface area contributed by atoms with Crippen molar-refractivity contribution in [2.24, 2.45) is 5.92 Å². The topological polar surface area (TPSA) is 359 Å². The van der Waals surface area contributed by atoms with E-state index in [1.807, 2.05) is 99.8 Å². The lowest BCUT2D eigenvalue weighted by Gasteiger charge is -2.15. The molecule has 38 heteroatoms. The fourth-order valence-corrected chi connectivity index (χ4v) is 21.1. The molecule has 1 aliphatic heterocycles. The normalized spacial score (nSPS) is 17.4. The summed E-state index contributed by atoms with van der Waals surface area (Å²) in [4.78, 5) is 49.0. The lowest BCUT2D eigenvalue weighted by Crippen LogP contribution is -2.21. The molecule has 0 aromatic heterocycles. The lowest BCUT2D eigenvalue weighted by atomic mass is 9.97. The van der Waals surface area contributed by atoms with Crippen LogP contribution < -0.4 is 0 Å². The number of rotatable bonds is 54. The molecule has 1 fully saturated rings. The van der Waals surface area contributed by atoms with E-state index in [0.717, 1.165) is 89.3 Å². The Morgan fingerprint density at radius 1 is 0.500 bits per heavy atom. The predicted molar refractivity (Wildman–Crippen MR) is 568 cm³/mol. The first kappa shape index (κ1) is 125. The Morgan fingerprint density at radius 2 is 0.911 bits per heavy atom. The molecular weight excluding hydrogens is 2020 g/mol. The highest BCUT2D eigenvalue weighted by molar-refractivity contribution is 7.98. The summed E-state index contributed by atoms with van der Waals surface area (Å²) >= 11 is 1.69. The molecule has 2 aliphatic carbocycles. The Kier molecular flexibility index (Phi) is 54.4. The van der Waals surface area contributed by atoms with Crippen molar-refractivity contribution in [2.75, 3.05) is 139 Å². The molecule has 28 nitrogen and oxygen atoms in total. The second kappa shape index (κ2) is 63.7. The maximum atomic E-state index is 14.5. The number of hydrogen-bond donors (Lipinski definition) is 2. The van der Waals surface area contributed by atoms with Gasteiger partial charge in [-0.15, -0.1) is 11.8 Å². The first-order valence-electron chi connectivity index (χ1n) is 48.6. The lowest BCUT2D eigenvalue weighted by molar-refractivity contribution is -0.146. The first-order valence-corrected chi connectivity index (χ1v) is 60.8. The van der Waals surface area contributed by atoms with Crippen molar-refractivity contribution >= 4 is 119 Å². The molecule has 0 radical (unpaired) electrons. The van der Waals surface area contributed by atoms with Gasteiger partial charge < -0.3 is 70.1 Å². The number of carbonyl (C=O) groups excluding carboxylic acids is 4. The van der Waals surface area contributed by atoms with Crippen LogP contribution in [0, 0.1) is 23.4 Å². The molecule has 8 aromatic carbocycles. The number of halogens is 3. The van der Waals surface area contributed by atoms with Crippen LogP contribution in [0.25, 0.3) is 45.6 Å². The maximum absolute atomic E-state index is 14.5. The zero-order chi connectivity index (χ0) is 107. The molecule has 1 heterocycles. The van der Waals surface area contributed by atoms with Gasteiger partial charge in [0.15, 0.2) is 18.9 Å². The fourth-order valence-electron chi connectivity index (χ4n) is 15.1. The van der Waals surface area contributed by atoms with E-state index >= 15 is 0 Å². The number of hydrogen-bond acceptors (Lipinski definition) is 29. The van der Waals surface area contributed by atoms with Gasteiger partial charge in [-0.25, -0.2) is 22.5 Å². The Morgan fingerprint density at radius 3 is 1.32 bits per heavy atom. The summed E-state index contributed by atoms with van der Waals surface area (Å²) in [5.74, 6) is -2.55. The molecule has 146 heavy (non-hydrogen) atoms. The van der Waals surface area contributed by atoms with E-state index in [2.05, 4.69) is 60.8 Å². The smallest absolute Gasteiger partial charge is 0.465 e. The number of aliphatic hydroxyl groups excluding tert-OH is 2. The summed E-state index contributed by atoms with van der Waals surface area (Å²) in [5, 5.41) is 21.1. The standard InChI is InChI=1S/C27H34FO6PS.C27H34FO5PS.C22H28FO5P.C20H33O5P.C12H13O7P/c1-5-33-35(3,30)34-15-7-6-14-32-27(29)18-25-19(2)24(23-13-10-21(28)17-26(23)25)16-20-8-11-22(12-9-20)36(4)31;1-5-32-34(3,30)33-15-7-6-14-31-27(29)18-25-19(2)24(23-13-10-21(28)17-26(23)25)16-20-8-11-22(35-4)12-9-20;1-4-27-29(3,25)28-15-9-8-14-26-22(24)17(2)19-12-13-20(21(23)16-19)18-10-6-5-7-11-18;1-6-24-26(5,22)25-14-8-7-13-23-20(21)17(4)19-11-9-18(10-12-19)15-16(2)3;1-16-20(15)18-8-10(19-20)7-17-12(14)11-5-3-2-4-9(11)6-13/h8-13,16-17,27,29H,5-7,14-15,18H2,1-4H3;8-13,16-17,27,29H,5-7,14-15,18H2,1-4H3;5-7,10-13,16-17H,4,8-9,14-15H2,1-3H3;9-12,16-17H,6-8,13-15H2,1-5H3;2-6,10H,7-8H2,1H3. The van der Waals surface area contributed by atoms with Crippen LogP contribution in [0.4, 0.5) is 13.2 Å². The molecule has 0 spiro atoms. The number of unbranched alkanes of at least 4 members (excludes halogenated alkanes) is 4. The van der Waals surface area contributed by atoms with Crippen LogP contribution in [0.1, 0.15) is 216 Å². The molecule has 8 aromatic rings. The maximum Gasteiger partial charge on any atom is 0.475 e. The number of fused-ring (bicyclic) bond motifs is 2. The summed E-state index contributed by atoms with van der Waals surface area (Å²) in [7, 11) is -15.3. The highest BCUT2D eigenvalue weighted by Gasteiger charge is 2.39. The number of benzene rings is 8. The van der Waals surface area contributed by atoms with Crippen LogP contribution in [0.3, 0.4) is 0 Å². The molecule has 2 N–H and O–H groups in total. The van der Waals surface area contributed by atoms with E-state index in [4.69, 9.17) is 68.9 Å². The van der Waals surface area contributed by atoms with Crippen LogP contribution in [0.2, 0.25) is 0 Å². The predicted octanol–water partition coefficient (Wildman–Crippen LogP) is 26.3. The van der Waals surface area contributed by atoms with Gasteiger partial charge in [0.1, 0.15) is 30.2 Å². The van der Waals surface area contributed by atoms with Gasteiger partial charge in [0.05, 0.1) is 90.1 Å².